The van der Waals surface area contributed by atoms with Crippen LogP contribution in [0, 0.1) is 0 Å². The van der Waals surface area contributed by atoms with E-state index in [1.807, 2.05) is 43.3 Å². The third kappa shape index (κ3) is 4.45. The van der Waals surface area contributed by atoms with Gasteiger partial charge in [0.1, 0.15) is 5.76 Å². The minimum atomic E-state index is -0.340. The van der Waals surface area contributed by atoms with Gasteiger partial charge >= 0.3 is 0 Å². The van der Waals surface area contributed by atoms with E-state index in [1.165, 1.54) is 6.92 Å². The summed E-state index contributed by atoms with van der Waals surface area (Å²) in [5, 5.41) is 2.85. The van der Waals surface area contributed by atoms with Crippen LogP contribution >= 0.6 is 0 Å². The fraction of sp³-hybridized carbons (Fsp3) is 0.333. The third-order valence-electron chi connectivity index (χ3n) is 3.89. The first-order valence-electron chi connectivity index (χ1n) is 7.60. The fourth-order valence-corrected chi connectivity index (χ4v) is 2.44. The summed E-state index contributed by atoms with van der Waals surface area (Å²) in [5.74, 6) is 0.515. The largest absolute Gasteiger partial charge is 0.467 e. The number of hydrogen-bond donors (Lipinski definition) is 1. The van der Waals surface area contributed by atoms with E-state index in [0.717, 1.165) is 11.3 Å². The second kappa shape index (κ2) is 7.63. The van der Waals surface area contributed by atoms with Crippen molar-refractivity contribution >= 4 is 11.8 Å². The molecule has 0 spiro atoms. The number of carbonyl (C=O) groups is 2. The van der Waals surface area contributed by atoms with E-state index in [4.69, 9.17) is 4.42 Å². The predicted octanol–water partition coefficient (Wildman–Crippen LogP) is 3.07. The molecule has 0 aliphatic carbocycles. The molecule has 23 heavy (non-hydrogen) atoms. The molecule has 0 radical (unpaired) electrons. The number of hydrogen-bond acceptors (Lipinski definition) is 3. The number of rotatable bonds is 6. The van der Waals surface area contributed by atoms with Crippen molar-refractivity contribution in [2.24, 2.45) is 0 Å². The van der Waals surface area contributed by atoms with Crippen molar-refractivity contribution in [3.8, 4) is 0 Å². The van der Waals surface area contributed by atoms with Gasteiger partial charge in [-0.05, 0) is 24.6 Å². The SMILES string of the molecule is CC(=O)NC(CC(=O)N(C)C(C)c1ccco1)c1ccccc1. The lowest BCUT2D eigenvalue weighted by molar-refractivity contribution is -0.133. The molecule has 0 saturated carbocycles. The fourth-order valence-electron chi connectivity index (χ4n) is 2.44. The highest BCUT2D eigenvalue weighted by atomic mass is 16.3. The third-order valence-corrected chi connectivity index (χ3v) is 3.89. The molecule has 5 nitrogen and oxygen atoms in total. The summed E-state index contributed by atoms with van der Waals surface area (Å²) >= 11 is 0. The van der Waals surface area contributed by atoms with Crippen molar-refractivity contribution < 1.29 is 14.0 Å². The number of nitrogens with zero attached hydrogens (tertiary/aromatic N) is 1. The topological polar surface area (TPSA) is 62.6 Å². The number of benzene rings is 1. The lowest BCUT2D eigenvalue weighted by Crippen LogP contribution is -2.35. The highest BCUT2D eigenvalue weighted by Gasteiger charge is 2.23. The summed E-state index contributed by atoms with van der Waals surface area (Å²) in [5.41, 5.74) is 0.912. The molecular weight excluding hydrogens is 292 g/mol. The lowest BCUT2D eigenvalue weighted by Gasteiger charge is -2.26. The van der Waals surface area contributed by atoms with E-state index in [0.29, 0.717) is 0 Å². The van der Waals surface area contributed by atoms with E-state index in [2.05, 4.69) is 5.32 Å². The average Bonchev–Trinajstić information content (AvgIpc) is 3.07. The first-order valence-corrected chi connectivity index (χ1v) is 7.60. The van der Waals surface area contributed by atoms with Gasteiger partial charge in [0.2, 0.25) is 11.8 Å². The zero-order valence-corrected chi connectivity index (χ0v) is 13.7. The van der Waals surface area contributed by atoms with E-state index in [1.54, 1.807) is 24.3 Å². The van der Waals surface area contributed by atoms with Gasteiger partial charge in [0, 0.05) is 14.0 Å². The van der Waals surface area contributed by atoms with Crippen LogP contribution in [0.25, 0.3) is 0 Å². The molecule has 0 aliphatic rings. The predicted molar refractivity (Wildman–Crippen MR) is 87.5 cm³/mol. The van der Waals surface area contributed by atoms with Gasteiger partial charge in [0.05, 0.1) is 24.8 Å². The lowest BCUT2D eigenvalue weighted by atomic mass is 10.0. The minimum Gasteiger partial charge on any atom is -0.467 e. The van der Waals surface area contributed by atoms with Gasteiger partial charge in [0.15, 0.2) is 0 Å². The Hall–Kier alpha value is -2.56. The van der Waals surface area contributed by atoms with Gasteiger partial charge in [-0.1, -0.05) is 30.3 Å². The maximum absolute atomic E-state index is 12.6. The summed E-state index contributed by atoms with van der Waals surface area (Å²) in [6, 6.07) is 12.6. The normalized spacial score (nSPS) is 13.2. The van der Waals surface area contributed by atoms with Crippen LogP contribution in [0.15, 0.2) is 53.1 Å². The van der Waals surface area contributed by atoms with Crippen molar-refractivity contribution in [1.82, 2.24) is 10.2 Å². The van der Waals surface area contributed by atoms with Crippen LogP contribution in [0.1, 0.15) is 43.7 Å². The standard InChI is InChI=1S/C18H22N2O3/c1-13(17-10-7-11-23-17)20(3)18(22)12-16(19-14(2)21)15-8-5-4-6-9-15/h4-11,13,16H,12H2,1-3H3,(H,19,21). The van der Waals surface area contributed by atoms with Gasteiger partial charge in [-0.2, -0.15) is 0 Å². The molecule has 0 aliphatic heterocycles. The van der Waals surface area contributed by atoms with Crippen molar-refractivity contribution in [1.29, 1.82) is 0 Å². The van der Waals surface area contributed by atoms with Gasteiger partial charge in [-0.15, -0.1) is 0 Å². The van der Waals surface area contributed by atoms with E-state index >= 15 is 0 Å². The zero-order chi connectivity index (χ0) is 16.8. The van der Waals surface area contributed by atoms with Crippen LogP contribution < -0.4 is 5.32 Å². The minimum absolute atomic E-state index is 0.0588. The molecule has 1 aromatic heterocycles. The molecule has 2 unspecified atom stereocenters. The molecule has 1 aromatic carbocycles. The monoisotopic (exact) mass is 314 g/mol. The summed E-state index contributed by atoms with van der Waals surface area (Å²) in [4.78, 5) is 25.7. The van der Waals surface area contributed by atoms with E-state index in [9.17, 15) is 9.59 Å². The van der Waals surface area contributed by atoms with Crippen LogP contribution in [0.5, 0.6) is 0 Å². The summed E-state index contributed by atoms with van der Waals surface area (Å²) in [6.07, 6.45) is 1.79. The Balaban J connectivity index is 2.09. The van der Waals surface area contributed by atoms with Crippen LogP contribution in [-0.4, -0.2) is 23.8 Å². The Bertz CT molecular complexity index is 638. The van der Waals surface area contributed by atoms with Crippen LogP contribution in [0.2, 0.25) is 0 Å². The zero-order valence-electron chi connectivity index (χ0n) is 13.7. The van der Waals surface area contributed by atoms with Crippen LogP contribution in [0.4, 0.5) is 0 Å². The first-order chi connectivity index (χ1) is 11.0. The molecule has 2 aromatic rings. The molecule has 1 heterocycles. The summed E-state index contributed by atoms with van der Waals surface area (Å²) in [6.45, 7) is 3.36. The van der Waals surface area contributed by atoms with E-state index in [-0.39, 0.29) is 30.3 Å². The molecular formula is C18H22N2O3. The highest BCUT2D eigenvalue weighted by molar-refractivity contribution is 5.79. The molecule has 2 amide bonds. The van der Waals surface area contributed by atoms with Crippen molar-refractivity contribution in [2.75, 3.05) is 7.05 Å². The molecule has 0 bridgehead atoms. The molecule has 2 atom stereocenters. The maximum Gasteiger partial charge on any atom is 0.225 e. The maximum atomic E-state index is 12.6. The van der Waals surface area contributed by atoms with Crippen molar-refractivity contribution in [2.45, 2.75) is 32.4 Å². The second-order valence-corrected chi connectivity index (χ2v) is 5.56. The Morgan fingerprint density at radius 2 is 1.87 bits per heavy atom. The quantitative estimate of drug-likeness (QED) is 0.891. The van der Waals surface area contributed by atoms with Crippen molar-refractivity contribution in [3.63, 3.8) is 0 Å². The van der Waals surface area contributed by atoms with E-state index < -0.39 is 0 Å². The summed E-state index contributed by atoms with van der Waals surface area (Å²) < 4.78 is 5.36. The number of nitrogens with one attached hydrogen (secondary N) is 1. The smallest absolute Gasteiger partial charge is 0.225 e. The Morgan fingerprint density at radius 3 is 2.43 bits per heavy atom. The molecule has 5 heteroatoms. The Kier molecular flexibility index (Phi) is 5.57. The molecule has 2 rings (SSSR count). The van der Waals surface area contributed by atoms with Gasteiger partial charge in [-0.25, -0.2) is 0 Å². The Morgan fingerprint density at radius 1 is 1.17 bits per heavy atom. The number of furan rings is 1. The van der Waals surface area contributed by atoms with Crippen LogP contribution in [0.3, 0.4) is 0 Å². The highest BCUT2D eigenvalue weighted by Crippen LogP contribution is 2.23. The molecule has 122 valence electrons. The molecule has 0 fully saturated rings. The number of carbonyl (C=O) groups excluding carboxylic acids is 2. The van der Waals surface area contributed by atoms with Gasteiger partial charge in [-0.3, -0.25) is 9.59 Å². The van der Waals surface area contributed by atoms with Crippen LogP contribution in [-0.2, 0) is 9.59 Å². The average molecular weight is 314 g/mol. The van der Waals surface area contributed by atoms with Gasteiger partial charge < -0.3 is 14.6 Å². The van der Waals surface area contributed by atoms with Gasteiger partial charge in [0.25, 0.3) is 0 Å². The molecule has 1 N–H and O–H groups in total. The van der Waals surface area contributed by atoms with Crippen molar-refractivity contribution in [3.05, 3.63) is 60.1 Å². The number of amides is 2. The second-order valence-electron chi connectivity index (χ2n) is 5.56. The first kappa shape index (κ1) is 16.8. The summed E-state index contributed by atoms with van der Waals surface area (Å²) in [7, 11) is 1.74. The Labute approximate surface area is 136 Å². The molecule has 0 saturated heterocycles.